The van der Waals surface area contributed by atoms with Crippen molar-refractivity contribution < 1.29 is 0 Å². The van der Waals surface area contributed by atoms with Crippen molar-refractivity contribution in [2.24, 2.45) is 11.7 Å². The van der Waals surface area contributed by atoms with Gasteiger partial charge in [-0.3, -0.25) is 0 Å². The lowest BCUT2D eigenvalue weighted by atomic mass is 10.0. The van der Waals surface area contributed by atoms with Crippen LogP contribution in [0.5, 0.6) is 0 Å². The lowest BCUT2D eigenvalue weighted by molar-refractivity contribution is 0.199. The van der Waals surface area contributed by atoms with Crippen LogP contribution in [0.25, 0.3) is 0 Å². The van der Waals surface area contributed by atoms with Gasteiger partial charge in [-0.1, -0.05) is 32.0 Å². The third-order valence-electron chi connectivity index (χ3n) is 3.90. The standard InChI is InChI=1S/C16H28N2/c1-12(2)16(11-17)18(5)9-8-15-7-6-13(3)14(4)10-15/h6-7,10,12,16H,8-9,11,17H2,1-5H3. The Balaban J connectivity index is 2.56. The van der Waals surface area contributed by atoms with Crippen molar-refractivity contribution in [3.05, 3.63) is 34.9 Å². The summed E-state index contributed by atoms with van der Waals surface area (Å²) < 4.78 is 0. The molecule has 1 atom stereocenters. The highest BCUT2D eigenvalue weighted by Gasteiger charge is 2.16. The summed E-state index contributed by atoms with van der Waals surface area (Å²) in [6, 6.07) is 7.24. The van der Waals surface area contributed by atoms with Gasteiger partial charge in [0.15, 0.2) is 0 Å². The second-order valence-electron chi connectivity index (χ2n) is 5.70. The molecule has 1 aromatic carbocycles. The van der Waals surface area contributed by atoms with Crippen molar-refractivity contribution in [1.82, 2.24) is 4.90 Å². The van der Waals surface area contributed by atoms with Crippen LogP contribution in [0.1, 0.15) is 30.5 Å². The molecule has 2 N–H and O–H groups in total. The van der Waals surface area contributed by atoms with Crippen molar-refractivity contribution in [2.45, 2.75) is 40.2 Å². The zero-order chi connectivity index (χ0) is 13.7. The summed E-state index contributed by atoms with van der Waals surface area (Å²) in [6.45, 7) is 10.6. The van der Waals surface area contributed by atoms with Crippen LogP contribution in [-0.2, 0) is 6.42 Å². The van der Waals surface area contributed by atoms with Gasteiger partial charge >= 0.3 is 0 Å². The van der Waals surface area contributed by atoms with Crippen LogP contribution in [0.15, 0.2) is 18.2 Å². The molecule has 0 bridgehead atoms. The molecule has 2 nitrogen and oxygen atoms in total. The average molecular weight is 248 g/mol. The normalized spacial score (nSPS) is 13.3. The van der Waals surface area contributed by atoms with Crippen LogP contribution >= 0.6 is 0 Å². The van der Waals surface area contributed by atoms with E-state index in [4.69, 9.17) is 5.73 Å². The fourth-order valence-electron chi connectivity index (χ4n) is 2.39. The second-order valence-corrected chi connectivity index (χ2v) is 5.70. The Morgan fingerprint density at radius 2 is 1.83 bits per heavy atom. The molecule has 0 saturated carbocycles. The van der Waals surface area contributed by atoms with E-state index in [1.807, 2.05) is 0 Å². The van der Waals surface area contributed by atoms with Crippen LogP contribution < -0.4 is 5.73 Å². The van der Waals surface area contributed by atoms with Gasteiger partial charge in [-0.05, 0) is 49.9 Å². The van der Waals surface area contributed by atoms with Gasteiger partial charge in [-0.15, -0.1) is 0 Å². The first-order valence-corrected chi connectivity index (χ1v) is 6.92. The fraction of sp³-hybridized carbons (Fsp3) is 0.625. The maximum absolute atomic E-state index is 5.85. The van der Waals surface area contributed by atoms with Crippen molar-refractivity contribution in [1.29, 1.82) is 0 Å². The van der Waals surface area contributed by atoms with E-state index < -0.39 is 0 Å². The molecule has 2 heteroatoms. The summed E-state index contributed by atoms with van der Waals surface area (Å²) >= 11 is 0. The van der Waals surface area contributed by atoms with E-state index in [2.05, 4.69) is 57.8 Å². The van der Waals surface area contributed by atoms with E-state index in [0.29, 0.717) is 12.0 Å². The van der Waals surface area contributed by atoms with Crippen molar-refractivity contribution in [2.75, 3.05) is 20.1 Å². The monoisotopic (exact) mass is 248 g/mol. The summed E-state index contributed by atoms with van der Waals surface area (Å²) in [5, 5.41) is 0. The van der Waals surface area contributed by atoms with Crippen LogP contribution in [0.3, 0.4) is 0 Å². The Morgan fingerprint density at radius 1 is 1.17 bits per heavy atom. The number of hydrogen-bond donors (Lipinski definition) is 1. The molecular formula is C16H28N2. The molecule has 0 radical (unpaired) electrons. The Hall–Kier alpha value is -0.860. The second kappa shape index (κ2) is 6.91. The molecular weight excluding hydrogens is 220 g/mol. The number of likely N-dealkylation sites (N-methyl/N-ethyl adjacent to an activating group) is 1. The number of nitrogens with zero attached hydrogens (tertiary/aromatic N) is 1. The molecule has 0 aromatic heterocycles. The zero-order valence-electron chi connectivity index (χ0n) is 12.5. The molecule has 1 rings (SSSR count). The minimum atomic E-state index is 0.483. The molecule has 0 spiro atoms. The van der Waals surface area contributed by atoms with E-state index in [9.17, 15) is 0 Å². The highest BCUT2D eigenvalue weighted by Crippen LogP contribution is 2.12. The predicted molar refractivity (Wildman–Crippen MR) is 79.9 cm³/mol. The first-order chi connectivity index (χ1) is 8.45. The van der Waals surface area contributed by atoms with Crippen LogP contribution in [0.2, 0.25) is 0 Å². The number of hydrogen-bond acceptors (Lipinski definition) is 2. The molecule has 0 fully saturated rings. The van der Waals surface area contributed by atoms with Crippen molar-refractivity contribution in [3.63, 3.8) is 0 Å². The maximum Gasteiger partial charge on any atom is 0.0238 e. The van der Waals surface area contributed by atoms with Crippen LogP contribution in [0.4, 0.5) is 0 Å². The molecule has 0 saturated heterocycles. The molecule has 102 valence electrons. The third kappa shape index (κ3) is 4.11. The Bertz CT molecular complexity index is 371. The van der Waals surface area contributed by atoms with E-state index >= 15 is 0 Å². The third-order valence-corrected chi connectivity index (χ3v) is 3.90. The Kier molecular flexibility index (Phi) is 5.83. The number of benzene rings is 1. The minimum Gasteiger partial charge on any atom is -0.329 e. The average Bonchev–Trinajstić information content (AvgIpc) is 2.31. The highest BCUT2D eigenvalue weighted by molar-refractivity contribution is 5.30. The SMILES string of the molecule is Cc1ccc(CCN(C)C(CN)C(C)C)cc1C. The molecule has 1 aromatic rings. The van der Waals surface area contributed by atoms with E-state index in [0.717, 1.165) is 19.5 Å². The van der Waals surface area contributed by atoms with E-state index in [-0.39, 0.29) is 0 Å². The number of rotatable bonds is 6. The van der Waals surface area contributed by atoms with Crippen molar-refractivity contribution >= 4 is 0 Å². The molecule has 1 unspecified atom stereocenters. The quantitative estimate of drug-likeness (QED) is 0.839. The molecule has 0 amide bonds. The topological polar surface area (TPSA) is 29.3 Å². The summed E-state index contributed by atoms with van der Waals surface area (Å²) in [5.74, 6) is 0.611. The first kappa shape index (κ1) is 15.2. The van der Waals surface area contributed by atoms with Gasteiger partial charge in [0.05, 0.1) is 0 Å². The van der Waals surface area contributed by atoms with Crippen LogP contribution in [-0.4, -0.2) is 31.1 Å². The van der Waals surface area contributed by atoms with Gasteiger partial charge in [-0.25, -0.2) is 0 Å². The fourth-order valence-corrected chi connectivity index (χ4v) is 2.39. The minimum absolute atomic E-state index is 0.483. The molecule has 18 heavy (non-hydrogen) atoms. The summed E-state index contributed by atoms with van der Waals surface area (Å²) in [7, 11) is 2.18. The number of aryl methyl sites for hydroxylation is 2. The number of nitrogens with two attached hydrogens (primary N) is 1. The lowest BCUT2D eigenvalue weighted by Gasteiger charge is -2.30. The highest BCUT2D eigenvalue weighted by atomic mass is 15.1. The summed E-state index contributed by atoms with van der Waals surface area (Å²) in [4.78, 5) is 2.39. The van der Waals surface area contributed by atoms with Gasteiger partial charge in [0.25, 0.3) is 0 Å². The maximum atomic E-state index is 5.85. The molecule has 0 aliphatic rings. The zero-order valence-corrected chi connectivity index (χ0v) is 12.5. The van der Waals surface area contributed by atoms with E-state index in [1.165, 1.54) is 16.7 Å². The molecule has 0 aliphatic heterocycles. The largest absolute Gasteiger partial charge is 0.329 e. The van der Waals surface area contributed by atoms with Gasteiger partial charge in [0, 0.05) is 19.1 Å². The van der Waals surface area contributed by atoms with Gasteiger partial charge < -0.3 is 10.6 Å². The van der Waals surface area contributed by atoms with E-state index in [1.54, 1.807) is 0 Å². The van der Waals surface area contributed by atoms with Crippen molar-refractivity contribution in [3.8, 4) is 0 Å². The van der Waals surface area contributed by atoms with Gasteiger partial charge in [0.1, 0.15) is 0 Å². The first-order valence-electron chi connectivity index (χ1n) is 6.92. The Morgan fingerprint density at radius 3 is 2.33 bits per heavy atom. The summed E-state index contributed by atoms with van der Waals surface area (Å²) in [5.41, 5.74) is 10.0. The lowest BCUT2D eigenvalue weighted by Crippen LogP contribution is -2.42. The Labute approximate surface area is 112 Å². The van der Waals surface area contributed by atoms with Gasteiger partial charge in [-0.2, -0.15) is 0 Å². The molecule has 0 aliphatic carbocycles. The molecule has 0 heterocycles. The van der Waals surface area contributed by atoms with Gasteiger partial charge in [0.2, 0.25) is 0 Å². The predicted octanol–water partition coefficient (Wildman–Crippen LogP) is 2.76. The van der Waals surface area contributed by atoms with Crippen LogP contribution in [0, 0.1) is 19.8 Å². The summed E-state index contributed by atoms with van der Waals surface area (Å²) in [6.07, 6.45) is 1.10. The smallest absolute Gasteiger partial charge is 0.0238 e.